The van der Waals surface area contributed by atoms with Crippen molar-refractivity contribution >= 4 is 16.2 Å². The number of likely N-dealkylation sites (tertiary alicyclic amines) is 1. The normalized spacial score (nSPS) is 19.6. The van der Waals surface area contributed by atoms with E-state index in [0.29, 0.717) is 13.0 Å². The Hall–Kier alpha value is -2.45. The number of hydrogen-bond donors (Lipinski definition) is 0. The van der Waals surface area contributed by atoms with E-state index in [2.05, 4.69) is 0 Å². The molecule has 6 nitrogen and oxygen atoms in total. The molecule has 2 atom stereocenters. The van der Waals surface area contributed by atoms with Crippen molar-refractivity contribution in [2.45, 2.75) is 50.5 Å². The molecule has 1 saturated heterocycles. The molecule has 0 radical (unpaired) electrons. The fourth-order valence-corrected chi connectivity index (χ4v) is 4.75. The third-order valence-electron chi connectivity index (χ3n) is 5.43. The summed E-state index contributed by atoms with van der Waals surface area (Å²) < 4.78 is 49.7. The Labute approximate surface area is 189 Å². The molecule has 0 saturated carbocycles. The highest BCUT2D eigenvalue weighted by Gasteiger charge is 2.35. The third-order valence-corrected chi connectivity index (χ3v) is 6.73. The van der Waals surface area contributed by atoms with E-state index in [-0.39, 0.29) is 35.7 Å². The van der Waals surface area contributed by atoms with Gasteiger partial charge in [-0.25, -0.2) is 9.18 Å². The molecule has 174 valence electrons. The Balaban J connectivity index is 1.79. The highest BCUT2D eigenvalue weighted by Crippen LogP contribution is 2.34. The summed E-state index contributed by atoms with van der Waals surface area (Å²) in [5.41, 5.74) is 1.20. The number of amides is 1. The highest BCUT2D eigenvalue weighted by molar-refractivity contribution is 7.86. The average molecular weight is 464 g/mol. The van der Waals surface area contributed by atoms with E-state index in [1.807, 2.05) is 6.92 Å². The predicted octanol–water partition coefficient (Wildman–Crippen LogP) is 4.88. The minimum absolute atomic E-state index is 0.0810. The van der Waals surface area contributed by atoms with Gasteiger partial charge in [0.2, 0.25) is 0 Å². The van der Waals surface area contributed by atoms with Crippen LogP contribution in [0.25, 0.3) is 0 Å². The number of halogens is 1. The number of benzene rings is 2. The largest absolute Gasteiger partial charge is 0.444 e. The number of rotatable bonds is 5. The second kappa shape index (κ2) is 9.58. The fourth-order valence-electron chi connectivity index (χ4n) is 3.79. The maximum Gasteiger partial charge on any atom is 0.410 e. The molecule has 2 aromatic carbocycles. The van der Waals surface area contributed by atoms with Gasteiger partial charge >= 0.3 is 6.09 Å². The molecule has 1 amide bonds. The summed E-state index contributed by atoms with van der Waals surface area (Å²) >= 11 is 0. The zero-order valence-corrected chi connectivity index (χ0v) is 19.7. The molecule has 1 aliphatic heterocycles. The van der Waals surface area contributed by atoms with Crippen molar-refractivity contribution in [3.05, 3.63) is 65.5 Å². The minimum atomic E-state index is -3.95. The lowest BCUT2D eigenvalue weighted by Crippen LogP contribution is -2.46. The molecule has 0 bridgehead atoms. The molecular formula is C24H30FNO5S. The first-order chi connectivity index (χ1) is 14.9. The van der Waals surface area contributed by atoms with E-state index in [4.69, 9.17) is 8.92 Å². The molecule has 2 aromatic rings. The predicted molar refractivity (Wildman–Crippen MR) is 119 cm³/mol. The standard InChI is InChI=1S/C24H30FNO5S/c1-17-5-11-21(12-6-17)32(28,29)30-16-19-15-26(23(27)31-24(2,3)4)14-13-22(19)18-7-9-20(25)10-8-18/h5-12,19,22H,13-16H2,1-4H3/t19-,22-/m0/s1. The first-order valence-electron chi connectivity index (χ1n) is 10.6. The van der Waals surface area contributed by atoms with Gasteiger partial charge in [-0.05, 0) is 69.9 Å². The number of carbonyl (C=O) groups excluding carboxylic acids is 1. The molecule has 0 spiro atoms. The van der Waals surface area contributed by atoms with E-state index in [1.54, 1.807) is 49.9 Å². The van der Waals surface area contributed by atoms with Crippen molar-refractivity contribution in [2.75, 3.05) is 19.7 Å². The van der Waals surface area contributed by atoms with Crippen LogP contribution >= 0.6 is 0 Å². The fraction of sp³-hybridized carbons (Fsp3) is 0.458. The minimum Gasteiger partial charge on any atom is -0.444 e. The van der Waals surface area contributed by atoms with Crippen molar-refractivity contribution in [3.63, 3.8) is 0 Å². The zero-order valence-electron chi connectivity index (χ0n) is 18.9. The summed E-state index contributed by atoms with van der Waals surface area (Å²) in [6, 6.07) is 12.6. The van der Waals surface area contributed by atoms with Gasteiger partial charge in [0.15, 0.2) is 0 Å². The van der Waals surface area contributed by atoms with Gasteiger partial charge in [0.1, 0.15) is 11.4 Å². The summed E-state index contributed by atoms with van der Waals surface area (Å²) in [5.74, 6) is -0.723. The summed E-state index contributed by atoms with van der Waals surface area (Å²) in [5, 5.41) is 0. The molecule has 1 aliphatic rings. The van der Waals surface area contributed by atoms with Gasteiger partial charge in [0.05, 0.1) is 11.5 Å². The first kappa shape index (κ1) is 24.2. The molecule has 0 aliphatic carbocycles. The number of nitrogens with zero attached hydrogens (tertiary/aromatic N) is 1. The highest BCUT2D eigenvalue weighted by atomic mass is 32.2. The Morgan fingerprint density at radius 3 is 2.31 bits per heavy atom. The lowest BCUT2D eigenvalue weighted by atomic mass is 9.81. The van der Waals surface area contributed by atoms with E-state index in [0.717, 1.165) is 11.1 Å². The maximum atomic E-state index is 13.4. The smallest absolute Gasteiger partial charge is 0.410 e. The zero-order chi connectivity index (χ0) is 23.5. The van der Waals surface area contributed by atoms with Crippen LogP contribution in [0.5, 0.6) is 0 Å². The molecule has 1 fully saturated rings. The number of hydrogen-bond acceptors (Lipinski definition) is 5. The van der Waals surface area contributed by atoms with Crippen molar-refractivity contribution in [2.24, 2.45) is 5.92 Å². The van der Waals surface area contributed by atoms with Crippen LogP contribution in [-0.2, 0) is 19.0 Å². The lowest BCUT2D eigenvalue weighted by molar-refractivity contribution is 0.0114. The Morgan fingerprint density at radius 1 is 1.09 bits per heavy atom. The molecule has 8 heteroatoms. The van der Waals surface area contributed by atoms with Crippen LogP contribution in [0.2, 0.25) is 0 Å². The van der Waals surface area contributed by atoms with Crippen molar-refractivity contribution in [3.8, 4) is 0 Å². The molecule has 1 heterocycles. The van der Waals surface area contributed by atoms with Crippen LogP contribution in [0.4, 0.5) is 9.18 Å². The molecule has 0 unspecified atom stereocenters. The van der Waals surface area contributed by atoms with E-state index < -0.39 is 21.8 Å². The topological polar surface area (TPSA) is 72.9 Å². The van der Waals surface area contributed by atoms with Crippen LogP contribution in [0.3, 0.4) is 0 Å². The summed E-state index contributed by atoms with van der Waals surface area (Å²) in [6.07, 6.45) is 0.144. The summed E-state index contributed by atoms with van der Waals surface area (Å²) in [7, 11) is -3.95. The van der Waals surface area contributed by atoms with Crippen molar-refractivity contribution < 1.29 is 26.5 Å². The average Bonchev–Trinajstić information content (AvgIpc) is 2.72. The second-order valence-corrected chi connectivity index (χ2v) is 10.8. The summed E-state index contributed by atoms with van der Waals surface area (Å²) in [4.78, 5) is 14.3. The number of aryl methyl sites for hydroxylation is 1. The van der Waals surface area contributed by atoms with Gasteiger partial charge in [-0.15, -0.1) is 0 Å². The van der Waals surface area contributed by atoms with Crippen molar-refractivity contribution in [1.82, 2.24) is 4.90 Å². The van der Waals surface area contributed by atoms with Gasteiger partial charge in [0.25, 0.3) is 10.1 Å². The van der Waals surface area contributed by atoms with Crippen LogP contribution in [0.1, 0.15) is 44.2 Å². The third kappa shape index (κ3) is 6.29. The van der Waals surface area contributed by atoms with Crippen LogP contribution in [-0.4, -0.2) is 44.7 Å². The van der Waals surface area contributed by atoms with Crippen LogP contribution in [0.15, 0.2) is 53.4 Å². The number of carbonyl (C=O) groups is 1. The molecule has 0 N–H and O–H groups in total. The van der Waals surface area contributed by atoms with Gasteiger partial charge in [-0.1, -0.05) is 29.8 Å². The molecule has 0 aromatic heterocycles. The second-order valence-electron chi connectivity index (χ2n) is 9.18. The van der Waals surface area contributed by atoms with Crippen molar-refractivity contribution in [1.29, 1.82) is 0 Å². The van der Waals surface area contributed by atoms with Gasteiger partial charge in [0, 0.05) is 19.0 Å². The Kier molecular flexibility index (Phi) is 7.25. The van der Waals surface area contributed by atoms with Gasteiger partial charge in [-0.2, -0.15) is 8.42 Å². The molecule has 3 rings (SSSR count). The first-order valence-corrected chi connectivity index (χ1v) is 12.0. The summed E-state index contributed by atoms with van der Waals surface area (Å²) in [6.45, 7) is 7.90. The van der Waals surface area contributed by atoms with Crippen LogP contribution in [0, 0.1) is 18.7 Å². The quantitative estimate of drug-likeness (QED) is 0.591. The lowest BCUT2D eigenvalue weighted by Gasteiger charge is -2.39. The monoisotopic (exact) mass is 463 g/mol. The maximum absolute atomic E-state index is 13.4. The van der Waals surface area contributed by atoms with E-state index in [1.165, 1.54) is 24.3 Å². The number of ether oxygens (including phenoxy) is 1. The SMILES string of the molecule is Cc1ccc(S(=O)(=O)OC[C@@H]2CN(C(=O)OC(C)(C)C)CC[C@H]2c2ccc(F)cc2)cc1. The van der Waals surface area contributed by atoms with Gasteiger partial charge in [-0.3, -0.25) is 4.18 Å². The van der Waals surface area contributed by atoms with E-state index >= 15 is 0 Å². The van der Waals surface area contributed by atoms with Crippen LogP contribution < -0.4 is 0 Å². The van der Waals surface area contributed by atoms with Gasteiger partial charge < -0.3 is 9.64 Å². The number of piperidine rings is 1. The molecule has 32 heavy (non-hydrogen) atoms. The molecular weight excluding hydrogens is 433 g/mol. The Bertz CT molecular complexity index is 1030. The Morgan fingerprint density at radius 2 is 1.72 bits per heavy atom. The van der Waals surface area contributed by atoms with E-state index in [9.17, 15) is 17.6 Å².